The number of carboxylic acids is 1. The van der Waals surface area contributed by atoms with E-state index in [0.29, 0.717) is 17.4 Å². The quantitative estimate of drug-likeness (QED) is 0.767. The zero-order valence-corrected chi connectivity index (χ0v) is 14.0. The summed E-state index contributed by atoms with van der Waals surface area (Å²) in [6, 6.07) is 0.470. The maximum Gasteiger partial charge on any atom is 0.317 e. The lowest BCUT2D eigenvalue weighted by atomic mass is 9.68. The van der Waals surface area contributed by atoms with Gasteiger partial charge in [-0.1, -0.05) is 41.0 Å². The van der Waals surface area contributed by atoms with Crippen molar-refractivity contribution in [2.24, 2.45) is 17.3 Å². The van der Waals surface area contributed by atoms with Crippen LogP contribution in [0.2, 0.25) is 0 Å². The van der Waals surface area contributed by atoms with Gasteiger partial charge < -0.3 is 5.11 Å². The largest absolute Gasteiger partial charge is 0.480 e. The highest BCUT2D eigenvalue weighted by Crippen LogP contribution is 2.41. The van der Waals surface area contributed by atoms with Gasteiger partial charge in [0.15, 0.2) is 0 Å². The molecular formula is C17H33NO2. The molecule has 0 atom stereocenters. The van der Waals surface area contributed by atoms with Gasteiger partial charge in [0.1, 0.15) is 0 Å². The first-order valence-electron chi connectivity index (χ1n) is 8.22. The standard InChI is InChI=1S/C17H33NO2/c1-6-17(4,5)14-7-9-15(10-8-14)18(11-13(2)3)12-16(19)20/h13-15H,6-12H2,1-5H3,(H,19,20). The highest BCUT2D eigenvalue weighted by atomic mass is 16.4. The molecule has 0 unspecified atom stereocenters. The molecule has 20 heavy (non-hydrogen) atoms. The number of aliphatic carboxylic acids is 1. The third-order valence-electron chi connectivity index (χ3n) is 5.17. The van der Waals surface area contributed by atoms with Crippen LogP contribution in [0.4, 0.5) is 0 Å². The Labute approximate surface area is 124 Å². The monoisotopic (exact) mass is 283 g/mol. The minimum atomic E-state index is -0.693. The Morgan fingerprint density at radius 2 is 1.80 bits per heavy atom. The second kappa shape index (κ2) is 7.44. The molecule has 1 N–H and O–H groups in total. The normalized spacial score (nSPS) is 24.4. The predicted octanol–water partition coefficient (Wildman–Crippen LogP) is 4.02. The van der Waals surface area contributed by atoms with Crippen molar-refractivity contribution in [2.75, 3.05) is 13.1 Å². The van der Waals surface area contributed by atoms with Crippen molar-refractivity contribution in [1.82, 2.24) is 4.90 Å². The predicted molar refractivity (Wildman–Crippen MR) is 83.9 cm³/mol. The van der Waals surface area contributed by atoms with Gasteiger partial charge in [-0.05, 0) is 42.9 Å². The van der Waals surface area contributed by atoms with Crippen LogP contribution in [0.25, 0.3) is 0 Å². The summed E-state index contributed by atoms with van der Waals surface area (Å²) in [5.74, 6) is 0.635. The summed E-state index contributed by atoms with van der Waals surface area (Å²) in [5.41, 5.74) is 0.431. The number of hydrogen-bond acceptors (Lipinski definition) is 2. The van der Waals surface area contributed by atoms with Crippen molar-refractivity contribution in [3.8, 4) is 0 Å². The van der Waals surface area contributed by atoms with Crippen LogP contribution in [0.3, 0.4) is 0 Å². The third-order valence-corrected chi connectivity index (χ3v) is 5.17. The average Bonchev–Trinajstić information content (AvgIpc) is 2.37. The zero-order valence-electron chi connectivity index (χ0n) is 14.0. The van der Waals surface area contributed by atoms with E-state index in [2.05, 4.69) is 39.5 Å². The molecule has 0 saturated heterocycles. The van der Waals surface area contributed by atoms with Crippen LogP contribution in [0.1, 0.15) is 66.7 Å². The van der Waals surface area contributed by atoms with Crippen LogP contribution in [0.15, 0.2) is 0 Å². The smallest absolute Gasteiger partial charge is 0.317 e. The molecule has 3 nitrogen and oxygen atoms in total. The van der Waals surface area contributed by atoms with Gasteiger partial charge in [-0.3, -0.25) is 9.69 Å². The van der Waals surface area contributed by atoms with E-state index < -0.39 is 5.97 Å². The van der Waals surface area contributed by atoms with Crippen LogP contribution in [-0.4, -0.2) is 35.1 Å². The number of nitrogens with zero attached hydrogens (tertiary/aromatic N) is 1. The number of hydrogen-bond donors (Lipinski definition) is 1. The molecule has 3 heteroatoms. The molecular weight excluding hydrogens is 250 g/mol. The SMILES string of the molecule is CCC(C)(C)C1CCC(N(CC(=O)O)CC(C)C)CC1. The van der Waals surface area contributed by atoms with E-state index in [0.717, 1.165) is 25.3 Å². The number of carboxylic acid groups (broad SMARTS) is 1. The Morgan fingerprint density at radius 3 is 2.20 bits per heavy atom. The average molecular weight is 283 g/mol. The fraction of sp³-hybridized carbons (Fsp3) is 0.941. The molecule has 0 aromatic heterocycles. The van der Waals surface area contributed by atoms with Gasteiger partial charge in [0.2, 0.25) is 0 Å². The summed E-state index contributed by atoms with van der Waals surface area (Å²) in [4.78, 5) is 13.3. The van der Waals surface area contributed by atoms with Gasteiger partial charge in [-0.25, -0.2) is 0 Å². The van der Waals surface area contributed by atoms with Crippen molar-refractivity contribution in [3.63, 3.8) is 0 Å². The molecule has 1 fully saturated rings. The number of carbonyl (C=O) groups is 1. The number of rotatable bonds is 7. The minimum absolute atomic E-state index is 0.199. The highest BCUT2D eigenvalue weighted by molar-refractivity contribution is 5.69. The molecule has 0 aromatic carbocycles. The summed E-state index contributed by atoms with van der Waals surface area (Å²) < 4.78 is 0. The van der Waals surface area contributed by atoms with Gasteiger partial charge in [0.25, 0.3) is 0 Å². The molecule has 1 aliphatic rings. The van der Waals surface area contributed by atoms with Gasteiger partial charge in [0.05, 0.1) is 6.54 Å². The third kappa shape index (κ3) is 5.08. The topological polar surface area (TPSA) is 40.5 Å². The van der Waals surface area contributed by atoms with E-state index >= 15 is 0 Å². The van der Waals surface area contributed by atoms with Crippen LogP contribution in [0, 0.1) is 17.3 Å². The van der Waals surface area contributed by atoms with E-state index in [9.17, 15) is 4.79 Å². The Bertz CT molecular complexity index is 304. The second-order valence-corrected chi connectivity index (χ2v) is 7.56. The summed E-state index contributed by atoms with van der Waals surface area (Å²) in [7, 11) is 0. The molecule has 0 aliphatic heterocycles. The van der Waals surface area contributed by atoms with Crippen LogP contribution in [-0.2, 0) is 4.79 Å². The molecule has 0 amide bonds. The molecule has 0 bridgehead atoms. The maximum atomic E-state index is 11.1. The molecule has 0 spiro atoms. The van der Waals surface area contributed by atoms with Crippen LogP contribution >= 0.6 is 0 Å². The van der Waals surface area contributed by atoms with Crippen molar-refractivity contribution in [2.45, 2.75) is 72.8 Å². The van der Waals surface area contributed by atoms with Gasteiger partial charge in [-0.2, -0.15) is 0 Å². The fourth-order valence-electron chi connectivity index (χ4n) is 3.50. The van der Waals surface area contributed by atoms with E-state index in [1.54, 1.807) is 0 Å². The van der Waals surface area contributed by atoms with Crippen molar-refractivity contribution >= 4 is 5.97 Å². The molecule has 1 aliphatic carbocycles. The van der Waals surface area contributed by atoms with E-state index in [4.69, 9.17) is 5.11 Å². The molecule has 0 radical (unpaired) electrons. The molecule has 118 valence electrons. The molecule has 0 heterocycles. The first kappa shape index (κ1) is 17.5. The van der Waals surface area contributed by atoms with E-state index in [1.165, 1.54) is 19.3 Å². The lowest BCUT2D eigenvalue weighted by Gasteiger charge is -2.42. The Hall–Kier alpha value is -0.570. The summed E-state index contributed by atoms with van der Waals surface area (Å²) in [5, 5.41) is 9.11. The van der Waals surface area contributed by atoms with Gasteiger partial charge in [0, 0.05) is 12.6 Å². The van der Waals surface area contributed by atoms with E-state index in [1.807, 2.05) is 0 Å². The Morgan fingerprint density at radius 1 is 1.25 bits per heavy atom. The second-order valence-electron chi connectivity index (χ2n) is 7.56. The molecule has 1 rings (SSSR count). The van der Waals surface area contributed by atoms with Crippen molar-refractivity contribution in [3.05, 3.63) is 0 Å². The molecule has 0 aromatic rings. The highest BCUT2D eigenvalue weighted by Gasteiger charge is 2.34. The van der Waals surface area contributed by atoms with E-state index in [-0.39, 0.29) is 6.54 Å². The van der Waals surface area contributed by atoms with Crippen LogP contribution in [0.5, 0.6) is 0 Å². The lowest BCUT2D eigenvalue weighted by molar-refractivity contribution is -0.139. The van der Waals surface area contributed by atoms with Gasteiger partial charge >= 0.3 is 5.97 Å². The fourth-order valence-corrected chi connectivity index (χ4v) is 3.50. The minimum Gasteiger partial charge on any atom is -0.480 e. The van der Waals surface area contributed by atoms with Crippen molar-refractivity contribution in [1.29, 1.82) is 0 Å². The first-order valence-corrected chi connectivity index (χ1v) is 8.22. The maximum absolute atomic E-state index is 11.1. The van der Waals surface area contributed by atoms with Crippen molar-refractivity contribution < 1.29 is 9.90 Å². The lowest BCUT2D eigenvalue weighted by Crippen LogP contribution is -2.44. The Kier molecular flexibility index (Phi) is 6.50. The molecule has 1 saturated carbocycles. The zero-order chi connectivity index (χ0) is 15.3. The Balaban J connectivity index is 2.58. The van der Waals surface area contributed by atoms with Gasteiger partial charge in [-0.15, -0.1) is 0 Å². The van der Waals surface area contributed by atoms with Crippen LogP contribution < -0.4 is 0 Å². The summed E-state index contributed by atoms with van der Waals surface area (Å²) in [6.45, 7) is 12.5. The summed E-state index contributed by atoms with van der Waals surface area (Å²) in [6.07, 6.45) is 6.05. The summed E-state index contributed by atoms with van der Waals surface area (Å²) >= 11 is 0. The first-order chi connectivity index (χ1) is 9.26.